The lowest BCUT2D eigenvalue weighted by Gasteiger charge is -2.05. The molecule has 0 aliphatic rings. The van der Waals surface area contributed by atoms with E-state index in [9.17, 15) is 4.79 Å². The van der Waals surface area contributed by atoms with E-state index in [4.69, 9.17) is 0 Å². The summed E-state index contributed by atoms with van der Waals surface area (Å²) in [5.41, 5.74) is 4.37. The van der Waals surface area contributed by atoms with Crippen LogP contribution in [0.5, 0.6) is 0 Å². The molecule has 0 spiro atoms. The van der Waals surface area contributed by atoms with Crippen molar-refractivity contribution < 1.29 is 4.79 Å². The molecule has 0 fully saturated rings. The average molecular weight is 350 g/mol. The number of carbonyl (C=O) groups excluding carboxylic acids is 1. The topological polar surface area (TPSA) is 17.1 Å². The zero-order chi connectivity index (χ0) is 13.1. The molecule has 18 heavy (non-hydrogen) atoms. The first-order valence-corrected chi connectivity index (χ1v) is 6.99. The van der Waals surface area contributed by atoms with Crippen LogP contribution in [0, 0.1) is 17.4 Å². The molecule has 0 radical (unpaired) electrons. The van der Waals surface area contributed by atoms with Gasteiger partial charge < -0.3 is 0 Å². The maximum atomic E-state index is 12.1. The number of halogens is 1. The van der Waals surface area contributed by atoms with Gasteiger partial charge in [0.2, 0.25) is 0 Å². The Bertz CT molecular complexity index is 570. The van der Waals surface area contributed by atoms with Crippen molar-refractivity contribution in [2.24, 2.45) is 0 Å². The quantitative estimate of drug-likeness (QED) is 0.595. The third kappa shape index (κ3) is 3.19. The minimum absolute atomic E-state index is 0.176. The first-order valence-electron chi connectivity index (χ1n) is 5.91. The molecule has 0 bridgehead atoms. The summed E-state index contributed by atoms with van der Waals surface area (Å²) in [5, 5.41) is 0. The minimum Gasteiger partial charge on any atom is -0.294 e. The van der Waals surface area contributed by atoms with Crippen LogP contribution in [0.4, 0.5) is 0 Å². The van der Waals surface area contributed by atoms with E-state index in [1.165, 1.54) is 11.1 Å². The predicted molar refractivity (Wildman–Crippen MR) is 83.1 cm³/mol. The molecule has 0 N–H and O–H groups in total. The zero-order valence-electron chi connectivity index (χ0n) is 10.5. The maximum absolute atomic E-state index is 12.1. The van der Waals surface area contributed by atoms with Crippen LogP contribution in [0.15, 0.2) is 42.5 Å². The van der Waals surface area contributed by atoms with Gasteiger partial charge in [0.1, 0.15) is 0 Å². The monoisotopic (exact) mass is 350 g/mol. The number of carbonyl (C=O) groups is 1. The van der Waals surface area contributed by atoms with Crippen LogP contribution in [-0.2, 0) is 6.42 Å². The predicted octanol–water partition coefficient (Wildman–Crippen LogP) is 4.33. The molecule has 0 saturated heterocycles. The first kappa shape index (κ1) is 13.3. The molecule has 0 aliphatic carbocycles. The van der Waals surface area contributed by atoms with E-state index in [0.717, 1.165) is 14.7 Å². The summed E-state index contributed by atoms with van der Waals surface area (Å²) in [6, 6.07) is 13.9. The Labute approximate surface area is 121 Å². The van der Waals surface area contributed by atoms with Crippen molar-refractivity contribution in [2.45, 2.75) is 20.3 Å². The van der Waals surface area contributed by atoms with E-state index in [0.29, 0.717) is 6.42 Å². The van der Waals surface area contributed by atoms with Crippen LogP contribution in [-0.4, -0.2) is 5.78 Å². The molecule has 2 rings (SSSR count). The first-order chi connectivity index (χ1) is 8.56. The van der Waals surface area contributed by atoms with Crippen LogP contribution in [0.2, 0.25) is 0 Å². The van der Waals surface area contributed by atoms with Gasteiger partial charge in [-0.1, -0.05) is 30.3 Å². The summed E-state index contributed by atoms with van der Waals surface area (Å²) >= 11 is 2.24. The number of aryl methyl sites for hydroxylation is 2. The van der Waals surface area contributed by atoms with Crippen molar-refractivity contribution >= 4 is 28.4 Å². The van der Waals surface area contributed by atoms with Crippen molar-refractivity contribution in [1.29, 1.82) is 0 Å². The van der Waals surface area contributed by atoms with Gasteiger partial charge in [-0.2, -0.15) is 0 Å². The van der Waals surface area contributed by atoms with Crippen LogP contribution in [0.25, 0.3) is 0 Å². The number of rotatable bonds is 3. The highest BCUT2D eigenvalue weighted by Gasteiger charge is 2.07. The number of Topliss-reactive ketones (excluding diaryl/α,β-unsaturated/α-hetero) is 1. The van der Waals surface area contributed by atoms with Gasteiger partial charge in [0.15, 0.2) is 5.78 Å². The summed E-state index contributed by atoms with van der Waals surface area (Å²) in [7, 11) is 0. The van der Waals surface area contributed by atoms with Crippen LogP contribution >= 0.6 is 22.6 Å². The lowest BCUT2D eigenvalue weighted by molar-refractivity contribution is 0.0993. The van der Waals surface area contributed by atoms with Gasteiger partial charge in [-0.15, -0.1) is 0 Å². The zero-order valence-corrected chi connectivity index (χ0v) is 12.7. The molecule has 2 aromatic rings. The second kappa shape index (κ2) is 5.65. The fourth-order valence-electron chi connectivity index (χ4n) is 1.84. The van der Waals surface area contributed by atoms with Crippen LogP contribution in [0.3, 0.4) is 0 Å². The second-order valence-electron chi connectivity index (χ2n) is 4.53. The molecule has 0 aliphatic heterocycles. The van der Waals surface area contributed by atoms with Crippen molar-refractivity contribution in [3.8, 4) is 0 Å². The lowest BCUT2D eigenvalue weighted by atomic mass is 10.00. The van der Waals surface area contributed by atoms with Gasteiger partial charge in [-0.3, -0.25) is 4.79 Å². The summed E-state index contributed by atoms with van der Waals surface area (Å²) in [6.45, 7) is 4.16. The molecular formula is C16H15IO. The average Bonchev–Trinajstić information content (AvgIpc) is 2.34. The fourth-order valence-corrected chi connectivity index (χ4v) is 2.20. The fraction of sp³-hybridized carbons (Fsp3) is 0.188. The molecule has 0 saturated carbocycles. The van der Waals surface area contributed by atoms with Crippen LogP contribution in [0.1, 0.15) is 27.0 Å². The number of benzene rings is 2. The molecule has 0 amide bonds. The van der Waals surface area contributed by atoms with Crippen LogP contribution < -0.4 is 0 Å². The third-order valence-electron chi connectivity index (χ3n) is 3.10. The highest BCUT2D eigenvalue weighted by molar-refractivity contribution is 14.1. The van der Waals surface area contributed by atoms with Gasteiger partial charge in [0.05, 0.1) is 0 Å². The van der Waals surface area contributed by atoms with Crippen molar-refractivity contribution in [2.75, 3.05) is 0 Å². The molecule has 0 aromatic heterocycles. The van der Waals surface area contributed by atoms with Gasteiger partial charge in [-0.05, 0) is 65.3 Å². The van der Waals surface area contributed by atoms with Crippen molar-refractivity contribution in [1.82, 2.24) is 0 Å². The van der Waals surface area contributed by atoms with Gasteiger partial charge in [0, 0.05) is 15.6 Å². The van der Waals surface area contributed by atoms with E-state index < -0.39 is 0 Å². The second-order valence-corrected chi connectivity index (χ2v) is 5.77. The minimum atomic E-state index is 0.176. The highest BCUT2D eigenvalue weighted by atomic mass is 127. The van der Waals surface area contributed by atoms with E-state index in [2.05, 4.69) is 48.6 Å². The van der Waals surface area contributed by atoms with E-state index >= 15 is 0 Å². The Morgan fingerprint density at radius 3 is 2.28 bits per heavy atom. The normalized spacial score (nSPS) is 10.4. The SMILES string of the molecule is Cc1ccc(CC(=O)c2ccc(I)cc2)cc1C. The number of hydrogen-bond donors (Lipinski definition) is 0. The molecule has 2 heteroatoms. The van der Waals surface area contributed by atoms with E-state index in [-0.39, 0.29) is 5.78 Å². The molecule has 0 atom stereocenters. The van der Waals surface area contributed by atoms with E-state index in [1.54, 1.807) is 0 Å². The van der Waals surface area contributed by atoms with E-state index in [1.807, 2.05) is 30.3 Å². The molecule has 92 valence electrons. The number of ketones is 1. The van der Waals surface area contributed by atoms with Gasteiger partial charge >= 0.3 is 0 Å². The number of hydrogen-bond acceptors (Lipinski definition) is 1. The Kier molecular flexibility index (Phi) is 4.17. The smallest absolute Gasteiger partial charge is 0.167 e. The lowest BCUT2D eigenvalue weighted by Crippen LogP contribution is -2.03. The molecular weight excluding hydrogens is 335 g/mol. The standard InChI is InChI=1S/C16H15IO/c1-11-3-4-13(9-12(11)2)10-16(18)14-5-7-15(17)8-6-14/h3-9H,10H2,1-2H3. The summed E-state index contributed by atoms with van der Waals surface area (Å²) in [4.78, 5) is 12.1. The summed E-state index contributed by atoms with van der Waals surface area (Å²) < 4.78 is 1.15. The molecule has 1 nitrogen and oxygen atoms in total. The van der Waals surface area contributed by atoms with Crippen molar-refractivity contribution in [3.63, 3.8) is 0 Å². The Morgan fingerprint density at radius 2 is 1.67 bits per heavy atom. The maximum Gasteiger partial charge on any atom is 0.167 e. The Hall–Kier alpha value is -1.16. The highest BCUT2D eigenvalue weighted by Crippen LogP contribution is 2.14. The van der Waals surface area contributed by atoms with Gasteiger partial charge in [-0.25, -0.2) is 0 Å². The Morgan fingerprint density at radius 1 is 1.00 bits per heavy atom. The van der Waals surface area contributed by atoms with Crippen molar-refractivity contribution in [3.05, 3.63) is 68.3 Å². The third-order valence-corrected chi connectivity index (χ3v) is 3.82. The summed E-state index contributed by atoms with van der Waals surface area (Å²) in [5.74, 6) is 0.176. The largest absolute Gasteiger partial charge is 0.294 e. The summed E-state index contributed by atoms with van der Waals surface area (Å²) in [6.07, 6.45) is 0.474. The molecule has 2 aromatic carbocycles. The molecule has 0 unspecified atom stereocenters. The van der Waals surface area contributed by atoms with Gasteiger partial charge in [0.25, 0.3) is 0 Å². The Balaban J connectivity index is 2.16. The molecule has 0 heterocycles.